The van der Waals surface area contributed by atoms with E-state index in [9.17, 15) is 0 Å². The molecule has 0 heterocycles. The Labute approximate surface area is 123 Å². The van der Waals surface area contributed by atoms with Crippen molar-refractivity contribution in [2.24, 2.45) is 0 Å². The van der Waals surface area contributed by atoms with Crippen LogP contribution in [-0.4, -0.2) is 6.54 Å². The molecule has 1 N–H and O–H groups in total. The molecular formula is C17H26ClN. The lowest BCUT2D eigenvalue weighted by atomic mass is 9.96. The van der Waals surface area contributed by atoms with Crippen LogP contribution in [-0.2, 0) is 0 Å². The Balaban J connectivity index is 2.58. The number of rotatable bonds is 9. The number of nitrogens with one attached hydrogen (secondary N) is 1. The largest absolute Gasteiger partial charge is 0.310 e. The highest BCUT2D eigenvalue weighted by Gasteiger charge is 2.12. The zero-order chi connectivity index (χ0) is 14.1. The minimum absolute atomic E-state index is 0.450. The van der Waals surface area contributed by atoms with Gasteiger partial charge in [-0.15, -0.1) is 6.58 Å². The van der Waals surface area contributed by atoms with Gasteiger partial charge in [0, 0.05) is 11.1 Å². The molecule has 1 nitrogen and oxygen atoms in total. The Kier molecular flexibility index (Phi) is 7.85. The summed E-state index contributed by atoms with van der Waals surface area (Å²) in [5.41, 5.74) is 2.67. The molecule has 19 heavy (non-hydrogen) atoms. The number of allylic oxidation sites excluding steroid dienone is 1. The van der Waals surface area contributed by atoms with Gasteiger partial charge in [0.05, 0.1) is 0 Å². The van der Waals surface area contributed by atoms with Gasteiger partial charge in [-0.3, -0.25) is 0 Å². The van der Waals surface area contributed by atoms with E-state index < -0.39 is 0 Å². The fourth-order valence-electron chi connectivity index (χ4n) is 2.46. The van der Waals surface area contributed by atoms with Crippen molar-refractivity contribution in [1.82, 2.24) is 5.32 Å². The molecule has 0 fully saturated rings. The summed E-state index contributed by atoms with van der Waals surface area (Å²) in [5.74, 6) is 0. The van der Waals surface area contributed by atoms with Crippen molar-refractivity contribution in [1.29, 1.82) is 0 Å². The fraction of sp³-hybridized carbons (Fsp3) is 0.529. The molecule has 0 saturated carbocycles. The van der Waals surface area contributed by atoms with E-state index in [1.165, 1.54) is 36.8 Å². The summed E-state index contributed by atoms with van der Waals surface area (Å²) >= 11 is 6.03. The lowest BCUT2D eigenvalue weighted by molar-refractivity contribution is 0.482. The molecule has 0 aliphatic heterocycles. The second kappa shape index (κ2) is 9.17. The smallest absolute Gasteiger partial charge is 0.0408 e. The summed E-state index contributed by atoms with van der Waals surface area (Å²) in [7, 11) is 0. The molecule has 0 spiro atoms. The van der Waals surface area contributed by atoms with E-state index in [4.69, 9.17) is 11.6 Å². The van der Waals surface area contributed by atoms with Crippen molar-refractivity contribution in [2.45, 2.75) is 52.0 Å². The molecule has 1 aromatic carbocycles. The van der Waals surface area contributed by atoms with Gasteiger partial charge in [-0.2, -0.15) is 0 Å². The van der Waals surface area contributed by atoms with Crippen molar-refractivity contribution in [3.63, 3.8) is 0 Å². The van der Waals surface area contributed by atoms with E-state index in [1.807, 2.05) is 12.1 Å². The summed E-state index contributed by atoms with van der Waals surface area (Å²) in [6.07, 6.45) is 8.11. The van der Waals surface area contributed by atoms with Gasteiger partial charge in [0.15, 0.2) is 0 Å². The SMILES string of the molecule is C=CCCCCCC(NCC)c1ccc(Cl)cc1C. The minimum atomic E-state index is 0.450. The molecule has 0 aromatic heterocycles. The van der Waals surface area contributed by atoms with Gasteiger partial charge >= 0.3 is 0 Å². The zero-order valence-electron chi connectivity index (χ0n) is 12.2. The number of aryl methyl sites for hydroxylation is 1. The normalized spacial score (nSPS) is 12.4. The Bertz CT molecular complexity index is 387. The van der Waals surface area contributed by atoms with Crippen LogP contribution in [0.3, 0.4) is 0 Å². The molecule has 1 aromatic rings. The molecule has 0 radical (unpaired) electrons. The van der Waals surface area contributed by atoms with Crippen LogP contribution in [0.4, 0.5) is 0 Å². The monoisotopic (exact) mass is 279 g/mol. The van der Waals surface area contributed by atoms with Gasteiger partial charge in [0.1, 0.15) is 0 Å². The van der Waals surface area contributed by atoms with Crippen LogP contribution in [0.2, 0.25) is 5.02 Å². The number of hydrogen-bond donors (Lipinski definition) is 1. The molecule has 1 atom stereocenters. The summed E-state index contributed by atoms with van der Waals surface area (Å²) in [4.78, 5) is 0. The Morgan fingerprint density at radius 3 is 2.74 bits per heavy atom. The van der Waals surface area contributed by atoms with Crippen LogP contribution in [0, 0.1) is 6.92 Å². The van der Waals surface area contributed by atoms with Crippen LogP contribution in [0.25, 0.3) is 0 Å². The molecule has 0 aliphatic carbocycles. The van der Waals surface area contributed by atoms with Gasteiger partial charge in [-0.05, 0) is 56.0 Å². The Morgan fingerprint density at radius 2 is 2.11 bits per heavy atom. The lowest BCUT2D eigenvalue weighted by Gasteiger charge is -2.20. The Hall–Kier alpha value is -0.790. The molecular weight excluding hydrogens is 254 g/mol. The second-order valence-electron chi connectivity index (χ2n) is 5.04. The Morgan fingerprint density at radius 1 is 1.32 bits per heavy atom. The summed E-state index contributed by atoms with van der Waals surface area (Å²) in [5, 5.41) is 4.41. The first-order valence-electron chi connectivity index (χ1n) is 7.29. The zero-order valence-corrected chi connectivity index (χ0v) is 13.0. The van der Waals surface area contributed by atoms with Crippen molar-refractivity contribution < 1.29 is 0 Å². The highest BCUT2D eigenvalue weighted by molar-refractivity contribution is 6.30. The topological polar surface area (TPSA) is 12.0 Å². The van der Waals surface area contributed by atoms with E-state index in [2.05, 4.69) is 37.9 Å². The van der Waals surface area contributed by atoms with Gasteiger partial charge in [0.25, 0.3) is 0 Å². The predicted octanol–water partition coefficient (Wildman–Crippen LogP) is 5.44. The predicted molar refractivity (Wildman–Crippen MR) is 85.9 cm³/mol. The van der Waals surface area contributed by atoms with Crippen LogP contribution >= 0.6 is 11.6 Å². The standard InChI is InChI=1S/C17H26ClN/c1-4-6-7-8-9-10-17(19-5-2)16-12-11-15(18)13-14(16)3/h4,11-13,17,19H,1,5-10H2,2-3H3. The molecule has 2 heteroatoms. The maximum atomic E-state index is 6.03. The van der Waals surface area contributed by atoms with Crippen molar-refractivity contribution in [3.05, 3.63) is 47.0 Å². The maximum absolute atomic E-state index is 6.03. The van der Waals surface area contributed by atoms with Gasteiger partial charge in [-0.25, -0.2) is 0 Å². The minimum Gasteiger partial charge on any atom is -0.310 e. The van der Waals surface area contributed by atoms with Gasteiger partial charge in [0.2, 0.25) is 0 Å². The number of halogens is 1. The molecule has 1 unspecified atom stereocenters. The third-order valence-electron chi connectivity index (χ3n) is 3.46. The van der Waals surface area contributed by atoms with Crippen LogP contribution in [0.1, 0.15) is 56.2 Å². The highest BCUT2D eigenvalue weighted by Crippen LogP contribution is 2.25. The summed E-state index contributed by atoms with van der Waals surface area (Å²) < 4.78 is 0. The van der Waals surface area contributed by atoms with E-state index in [-0.39, 0.29) is 0 Å². The summed E-state index contributed by atoms with van der Waals surface area (Å²) in [6, 6.07) is 6.66. The number of unbranched alkanes of at least 4 members (excludes halogenated alkanes) is 3. The summed E-state index contributed by atoms with van der Waals surface area (Å²) in [6.45, 7) is 9.07. The molecule has 106 valence electrons. The van der Waals surface area contributed by atoms with Crippen LogP contribution in [0.5, 0.6) is 0 Å². The third kappa shape index (κ3) is 5.80. The van der Waals surface area contributed by atoms with Crippen LogP contribution < -0.4 is 5.32 Å². The van der Waals surface area contributed by atoms with E-state index in [0.29, 0.717) is 6.04 Å². The number of benzene rings is 1. The van der Waals surface area contributed by atoms with E-state index in [1.54, 1.807) is 0 Å². The molecule has 1 rings (SSSR count). The van der Waals surface area contributed by atoms with Crippen LogP contribution in [0.15, 0.2) is 30.9 Å². The van der Waals surface area contributed by atoms with E-state index in [0.717, 1.165) is 18.0 Å². The number of hydrogen-bond acceptors (Lipinski definition) is 1. The lowest BCUT2D eigenvalue weighted by Crippen LogP contribution is -2.21. The maximum Gasteiger partial charge on any atom is 0.0408 e. The highest BCUT2D eigenvalue weighted by atomic mass is 35.5. The molecule has 0 bridgehead atoms. The van der Waals surface area contributed by atoms with Crippen molar-refractivity contribution >= 4 is 11.6 Å². The first-order chi connectivity index (χ1) is 9.19. The molecule has 0 amide bonds. The van der Waals surface area contributed by atoms with Crippen molar-refractivity contribution in [2.75, 3.05) is 6.54 Å². The third-order valence-corrected chi connectivity index (χ3v) is 3.69. The molecule has 0 saturated heterocycles. The van der Waals surface area contributed by atoms with E-state index >= 15 is 0 Å². The first kappa shape index (κ1) is 16.3. The second-order valence-corrected chi connectivity index (χ2v) is 5.47. The fourth-order valence-corrected chi connectivity index (χ4v) is 2.68. The molecule has 0 aliphatic rings. The van der Waals surface area contributed by atoms with Gasteiger partial charge < -0.3 is 5.32 Å². The van der Waals surface area contributed by atoms with Gasteiger partial charge in [-0.1, -0.05) is 43.5 Å². The average Bonchev–Trinajstić information content (AvgIpc) is 2.38. The quantitative estimate of drug-likeness (QED) is 0.469. The first-order valence-corrected chi connectivity index (χ1v) is 7.67. The van der Waals surface area contributed by atoms with Crippen molar-refractivity contribution in [3.8, 4) is 0 Å². The average molecular weight is 280 g/mol.